The van der Waals surface area contributed by atoms with Crippen molar-refractivity contribution in [3.8, 4) is 11.8 Å². The lowest BCUT2D eigenvalue weighted by Gasteiger charge is -2.28. The van der Waals surface area contributed by atoms with Crippen molar-refractivity contribution in [2.45, 2.75) is 6.42 Å². The smallest absolute Gasteiger partial charge is 0.187 e. The van der Waals surface area contributed by atoms with Gasteiger partial charge in [0.15, 0.2) is 5.65 Å². The van der Waals surface area contributed by atoms with E-state index in [1.54, 1.807) is 0 Å². The average Bonchev–Trinajstić information content (AvgIpc) is 2.96. The van der Waals surface area contributed by atoms with Crippen molar-refractivity contribution < 1.29 is 9.84 Å². The van der Waals surface area contributed by atoms with E-state index < -0.39 is 0 Å². The first-order valence-electron chi connectivity index (χ1n) is 7.07. The van der Waals surface area contributed by atoms with Gasteiger partial charge in [-0.1, -0.05) is 5.92 Å². The summed E-state index contributed by atoms with van der Waals surface area (Å²) in [5.41, 5.74) is 1.18. The molecule has 2 aromatic heterocycles. The number of alkyl halides is 1. The van der Waals surface area contributed by atoms with Crippen LogP contribution in [-0.2, 0) is 11.2 Å². The number of hydrogen-bond donors (Lipinski definition) is 2. The number of hydrogen-bond acceptors (Lipinski definition) is 6. The largest absolute Gasteiger partial charge is 0.384 e. The topological polar surface area (TPSA) is 87.2 Å². The van der Waals surface area contributed by atoms with Crippen LogP contribution in [0, 0.1) is 11.8 Å². The molecule has 1 saturated heterocycles. The van der Waals surface area contributed by atoms with Crippen molar-refractivity contribution in [2.75, 3.05) is 43.7 Å². The molecule has 2 N–H and O–H groups in total. The maximum Gasteiger partial charge on any atom is 0.187 e. The lowest BCUT2D eigenvalue weighted by Crippen LogP contribution is -2.37. The molecule has 0 aliphatic carbocycles. The van der Waals surface area contributed by atoms with Crippen LogP contribution >= 0.6 is 11.6 Å². The first kappa shape index (κ1) is 15.0. The Balaban J connectivity index is 2.12. The first-order valence-corrected chi connectivity index (χ1v) is 7.60. The number of aryl methyl sites for hydroxylation is 1. The third-order valence-corrected chi connectivity index (χ3v) is 3.55. The highest BCUT2D eigenvalue weighted by Crippen LogP contribution is 2.26. The van der Waals surface area contributed by atoms with Gasteiger partial charge in [-0.3, -0.25) is 5.10 Å². The van der Waals surface area contributed by atoms with E-state index in [-0.39, 0.29) is 6.61 Å². The van der Waals surface area contributed by atoms with Gasteiger partial charge in [0.25, 0.3) is 0 Å². The molecule has 0 amide bonds. The number of aromatic amines is 1. The number of aliphatic hydroxyl groups excluding tert-OH is 1. The summed E-state index contributed by atoms with van der Waals surface area (Å²) in [4.78, 5) is 11.2. The predicted octanol–water partition coefficient (Wildman–Crippen LogP) is 0.315. The van der Waals surface area contributed by atoms with Crippen LogP contribution in [0.4, 0.5) is 5.82 Å². The molecule has 116 valence electrons. The van der Waals surface area contributed by atoms with E-state index in [1.807, 2.05) is 0 Å². The Morgan fingerprint density at radius 3 is 2.86 bits per heavy atom. The Bertz CT molecular complexity index is 715. The van der Waals surface area contributed by atoms with Crippen LogP contribution in [0.15, 0.2) is 0 Å². The fourth-order valence-electron chi connectivity index (χ4n) is 2.37. The van der Waals surface area contributed by atoms with Crippen molar-refractivity contribution in [2.24, 2.45) is 0 Å². The first-order chi connectivity index (χ1) is 10.8. The van der Waals surface area contributed by atoms with Crippen molar-refractivity contribution >= 4 is 28.5 Å². The van der Waals surface area contributed by atoms with Gasteiger partial charge in [-0.25, -0.2) is 9.97 Å². The summed E-state index contributed by atoms with van der Waals surface area (Å²) in [6.07, 6.45) is 0.583. The number of nitrogens with zero attached hydrogens (tertiary/aromatic N) is 4. The average molecular weight is 322 g/mol. The number of H-pyrrole nitrogens is 1. The molecule has 0 bridgehead atoms. The van der Waals surface area contributed by atoms with Gasteiger partial charge in [0.05, 0.1) is 18.6 Å². The number of ether oxygens (including phenoxy) is 1. The molecule has 0 saturated carbocycles. The lowest BCUT2D eigenvalue weighted by molar-refractivity contribution is 0.122. The summed E-state index contributed by atoms with van der Waals surface area (Å²) in [6.45, 7) is 2.62. The molecule has 7 nitrogen and oxygen atoms in total. The highest BCUT2D eigenvalue weighted by atomic mass is 35.5. The molecule has 8 heteroatoms. The fraction of sp³-hybridized carbons (Fsp3) is 0.500. The molecular formula is C14H16ClN5O2. The number of nitrogens with one attached hydrogen (secondary N) is 1. The van der Waals surface area contributed by atoms with Crippen LogP contribution in [0.2, 0.25) is 0 Å². The van der Waals surface area contributed by atoms with Crippen LogP contribution < -0.4 is 4.90 Å². The van der Waals surface area contributed by atoms with E-state index in [1.165, 1.54) is 0 Å². The number of halogens is 1. The third kappa shape index (κ3) is 2.99. The molecule has 3 heterocycles. The van der Waals surface area contributed by atoms with Gasteiger partial charge in [0.2, 0.25) is 0 Å². The Labute approximate surface area is 132 Å². The van der Waals surface area contributed by atoms with E-state index in [4.69, 9.17) is 21.4 Å². The predicted molar refractivity (Wildman–Crippen MR) is 83.1 cm³/mol. The number of aliphatic hydroxyl groups is 1. The molecular weight excluding hydrogens is 306 g/mol. The summed E-state index contributed by atoms with van der Waals surface area (Å²) in [5.74, 6) is 7.41. The zero-order valence-electron chi connectivity index (χ0n) is 12.0. The number of fused-ring (bicyclic) bond motifs is 1. The summed E-state index contributed by atoms with van der Waals surface area (Å²) in [6, 6.07) is 0. The number of aromatic nitrogens is 4. The Morgan fingerprint density at radius 1 is 1.32 bits per heavy atom. The van der Waals surface area contributed by atoms with E-state index in [0.717, 1.165) is 24.3 Å². The van der Waals surface area contributed by atoms with Gasteiger partial charge in [-0.05, 0) is 5.92 Å². The summed E-state index contributed by atoms with van der Waals surface area (Å²) >= 11 is 5.81. The molecule has 1 aliphatic heterocycles. The molecule has 1 fully saturated rings. The van der Waals surface area contributed by atoms with Gasteiger partial charge >= 0.3 is 0 Å². The van der Waals surface area contributed by atoms with E-state index in [9.17, 15) is 0 Å². The number of anilines is 1. The summed E-state index contributed by atoms with van der Waals surface area (Å²) in [7, 11) is 0. The minimum absolute atomic E-state index is 0.210. The second-order valence-electron chi connectivity index (χ2n) is 4.76. The quantitative estimate of drug-likeness (QED) is 0.625. The van der Waals surface area contributed by atoms with E-state index >= 15 is 0 Å². The third-order valence-electron chi connectivity index (χ3n) is 3.36. The minimum atomic E-state index is -0.210. The van der Waals surface area contributed by atoms with E-state index in [0.29, 0.717) is 42.7 Å². The molecule has 3 rings (SSSR count). The standard InChI is InChI=1S/C14H16ClN5O2/c15-4-3-11-16-13-12(10(18-19-13)2-1-7-21)14(17-11)20-5-8-22-9-6-20/h21H,3-9H2,(H,16,17,18,19). The molecule has 2 aromatic rings. The minimum Gasteiger partial charge on any atom is -0.384 e. The molecule has 0 atom stereocenters. The lowest BCUT2D eigenvalue weighted by atomic mass is 10.2. The highest BCUT2D eigenvalue weighted by Gasteiger charge is 2.21. The van der Waals surface area contributed by atoms with Crippen molar-refractivity contribution in [1.82, 2.24) is 20.2 Å². The number of morpholine rings is 1. The van der Waals surface area contributed by atoms with Gasteiger partial charge in [0.1, 0.15) is 23.9 Å². The second kappa shape index (κ2) is 6.92. The van der Waals surface area contributed by atoms with Gasteiger partial charge in [-0.2, -0.15) is 5.10 Å². The van der Waals surface area contributed by atoms with Crippen LogP contribution in [-0.4, -0.2) is 64.1 Å². The zero-order chi connectivity index (χ0) is 15.4. The molecule has 0 aromatic carbocycles. The molecule has 1 aliphatic rings. The molecule has 0 radical (unpaired) electrons. The van der Waals surface area contributed by atoms with Gasteiger partial charge < -0.3 is 14.7 Å². The Morgan fingerprint density at radius 2 is 2.14 bits per heavy atom. The molecule has 0 unspecified atom stereocenters. The normalized spacial score (nSPS) is 14.9. The maximum atomic E-state index is 8.89. The molecule has 0 spiro atoms. The monoisotopic (exact) mass is 321 g/mol. The van der Waals surface area contributed by atoms with Crippen molar-refractivity contribution in [1.29, 1.82) is 0 Å². The summed E-state index contributed by atoms with van der Waals surface area (Å²) < 4.78 is 5.40. The Hall–Kier alpha value is -1.88. The van der Waals surface area contributed by atoms with Gasteiger partial charge in [-0.15, -0.1) is 11.6 Å². The summed E-state index contributed by atoms with van der Waals surface area (Å²) in [5, 5.41) is 16.7. The van der Waals surface area contributed by atoms with Gasteiger partial charge in [0, 0.05) is 25.4 Å². The number of rotatable bonds is 3. The van der Waals surface area contributed by atoms with Crippen LogP contribution in [0.5, 0.6) is 0 Å². The van der Waals surface area contributed by atoms with Crippen molar-refractivity contribution in [3.05, 3.63) is 11.5 Å². The van der Waals surface area contributed by atoms with Crippen LogP contribution in [0.3, 0.4) is 0 Å². The zero-order valence-corrected chi connectivity index (χ0v) is 12.7. The van der Waals surface area contributed by atoms with E-state index in [2.05, 4.69) is 36.9 Å². The van der Waals surface area contributed by atoms with Crippen LogP contribution in [0.25, 0.3) is 11.0 Å². The van der Waals surface area contributed by atoms with Crippen LogP contribution in [0.1, 0.15) is 11.5 Å². The SMILES string of the molecule is OCC#Cc1[nH]nc2nc(CCCl)nc(N3CCOCC3)c12. The molecule has 22 heavy (non-hydrogen) atoms. The fourth-order valence-corrected chi connectivity index (χ4v) is 2.54. The Kier molecular flexibility index (Phi) is 4.73. The second-order valence-corrected chi connectivity index (χ2v) is 5.14. The van der Waals surface area contributed by atoms with Crippen molar-refractivity contribution in [3.63, 3.8) is 0 Å². The highest BCUT2D eigenvalue weighted by molar-refractivity contribution is 6.17. The maximum absolute atomic E-state index is 8.89.